The molecular weight excluding hydrogens is 247 g/mol. The van der Waals surface area contributed by atoms with Gasteiger partial charge in [0.25, 0.3) is 6.43 Å². The molecule has 0 amide bonds. The first-order chi connectivity index (χ1) is 7.04. The van der Waals surface area contributed by atoms with Crippen LogP contribution in [0.5, 0.6) is 0 Å². The summed E-state index contributed by atoms with van der Waals surface area (Å²) in [5, 5.41) is 3.03. The predicted octanol–water partition coefficient (Wildman–Crippen LogP) is 3.94. The molecule has 0 bridgehead atoms. The third-order valence-corrected chi connectivity index (χ3v) is 2.46. The van der Waals surface area contributed by atoms with Crippen LogP contribution in [0, 0.1) is 4.91 Å². The van der Waals surface area contributed by atoms with Crippen molar-refractivity contribution in [3.8, 4) is 0 Å². The highest BCUT2D eigenvalue weighted by molar-refractivity contribution is 6.35. The number of hydrogen-bond acceptors (Lipinski definition) is 2. The normalized spacial score (nSPS) is 12.9. The molecule has 0 N–H and O–H groups in total. The maximum absolute atomic E-state index is 12.2. The van der Waals surface area contributed by atoms with Crippen LogP contribution >= 0.6 is 23.2 Å². The molecule has 0 aliphatic carbocycles. The maximum Gasteiger partial charge on any atom is 0.264 e. The smallest absolute Gasteiger partial charge is 0.208 e. The average molecular weight is 254 g/mol. The fourth-order valence-corrected chi connectivity index (χ4v) is 1.57. The van der Waals surface area contributed by atoms with Crippen molar-refractivity contribution < 1.29 is 8.78 Å². The number of nitrogens with zero attached hydrogens (tertiary/aromatic N) is 1. The lowest BCUT2D eigenvalue weighted by Gasteiger charge is -2.09. The van der Waals surface area contributed by atoms with Gasteiger partial charge in [-0.15, -0.1) is 0 Å². The van der Waals surface area contributed by atoms with Crippen molar-refractivity contribution in [3.05, 3.63) is 38.7 Å². The summed E-state index contributed by atoms with van der Waals surface area (Å²) in [5.74, 6) is 0. The van der Waals surface area contributed by atoms with Crippen LogP contribution in [-0.2, 0) is 6.42 Å². The van der Waals surface area contributed by atoms with Gasteiger partial charge in [0.1, 0.15) is 0 Å². The van der Waals surface area contributed by atoms with Gasteiger partial charge in [-0.25, -0.2) is 8.78 Å². The third kappa shape index (κ3) is 3.39. The standard InChI is InChI=1S/C9H7Cl2F2NO/c10-6-2-1-5(7(11)4-6)3-8(14-15)9(12)13/h1-2,4,8-9H,3H2. The first-order valence-electron chi connectivity index (χ1n) is 4.09. The summed E-state index contributed by atoms with van der Waals surface area (Å²) in [6.07, 6.45) is -2.97. The Labute approximate surface area is 95.2 Å². The lowest BCUT2D eigenvalue weighted by Crippen LogP contribution is -2.18. The van der Waals surface area contributed by atoms with Gasteiger partial charge in [-0.3, -0.25) is 0 Å². The number of halogens is 4. The van der Waals surface area contributed by atoms with Crippen LogP contribution in [0.4, 0.5) is 8.78 Å². The number of nitroso groups, excluding NO2 is 1. The van der Waals surface area contributed by atoms with Crippen LogP contribution in [0.25, 0.3) is 0 Å². The van der Waals surface area contributed by atoms with Crippen molar-refractivity contribution in [1.29, 1.82) is 0 Å². The number of benzene rings is 1. The first kappa shape index (κ1) is 12.3. The summed E-state index contributed by atoms with van der Waals surface area (Å²) in [5.41, 5.74) is 0.436. The van der Waals surface area contributed by atoms with E-state index in [1.54, 1.807) is 0 Å². The maximum atomic E-state index is 12.2. The van der Waals surface area contributed by atoms with E-state index in [-0.39, 0.29) is 11.4 Å². The van der Waals surface area contributed by atoms with Crippen LogP contribution in [0.3, 0.4) is 0 Å². The molecule has 1 aromatic rings. The largest absolute Gasteiger partial charge is 0.264 e. The number of hydrogen-bond donors (Lipinski definition) is 0. The lowest BCUT2D eigenvalue weighted by atomic mass is 10.1. The molecule has 15 heavy (non-hydrogen) atoms. The summed E-state index contributed by atoms with van der Waals surface area (Å²) in [6, 6.07) is 2.90. The Morgan fingerprint density at radius 2 is 2.00 bits per heavy atom. The number of alkyl halides is 2. The topological polar surface area (TPSA) is 29.4 Å². The summed E-state index contributed by atoms with van der Waals surface area (Å²) in [6.45, 7) is 0. The highest BCUT2D eigenvalue weighted by Gasteiger charge is 2.22. The SMILES string of the molecule is O=NC(Cc1ccc(Cl)cc1Cl)C(F)F. The van der Waals surface area contributed by atoms with E-state index in [0.29, 0.717) is 10.6 Å². The fraction of sp³-hybridized carbons (Fsp3) is 0.333. The molecular formula is C9H7Cl2F2NO. The summed E-state index contributed by atoms with van der Waals surface area (Å²) >= 11 is 11.4. The minimum atomic E-state index is -2.78. The van der Waals surface area contributed by atoms with Crippen molar-refractivity contribution in [2.45, 2.75) is 18.9 Å². The monoisotopic (exact) mass is 253 g/mol. The molecule has 0 aliphatic heterocycles. The Hall–Kier alpha value is -0.740. The van der Waals surface area contributed by atoms with Crippen LogP contribution in [-0.4, -0.2) is 12.5 Å². The van der Waals surface area contributed by atoms with E-state index in [0.717, 1.165) is 0 Å². The molecule has 1 atom stereocenters. The molecule has 0 spiro atoms. The third-order valence-electron chi connectivity index (χ3n) is 1.87. The average Bonchev–Trinajstić information content (AvgIpc) is 2.16. The molecule has 1 rings (SSSR count). The Bertz CT molecular complexity index is 360. The minimum Gasteiger partial charge on any atom is -0.208 e. The van der Waals surface area contributed by atoms with Crippen LogP contribution in [0.2, 0.25) is 10.0 Å². The van der Waals surface area contributed by atoms with Crippen LogP contribution < -0.4 is 0 Å². The van der Waals surface area contributed by atoms with E-state index in [1.807, 2.05) is 0 Å². The zero-order valence-corrected chi connectivity index (χ0v) is 8.97. The second-order valence-electron chi connectivity index (χ2n) is 2.95. The molecule has 1 unspecified atom stereocenters. The predicted molar refractivity (Wildman–Crippen MR) is 55.8 cm³/mol. The Balaban J connectivity index is 2.84. The van der Waals surface area contributed by atoms with Crippen molar-refractivity contribution in [2.24, 2.45) is 5.18 Å². The van der Waals surface area contributed by atoms with E-state index in [2.05, 4.69) is 5.18 Å². The highest BCUT2D eigenvalue weighted by Crippen LogP contribution is 2.24. The lowest BCUT2D eigenvalue weighted by molar-refractivity contribution is 0.116. The van der Waals surface area contributed by atoms with Gasteiger partial charge in [0, 0.05) is 16.5 Å². The Morgan fingerprint density at radius 3 is 2.47 bits per heavy atom. The molecule has 0 saturated heterocycles. The zero-order valence-electron chi connectivity index (χ0n) is 7.46. The first-order valence-corrected chi connectivity index (χ1v) is 4.84. The van der Waals surface area contributed by atoms with E-state index >= 15 is 0 Å². The quantitative estimate of drug-likeness (QED) is 0.748. The summed E-state index contributed by atoms with van der Waals surface area (Å²) in [4.78, 5) is 10.1. The second kappa shape index (κ2) is 5.37. The Kier molecular flexibility index (Phi) is 4.42. The van der Waals surface area contributed by atoms with E-state index in [9.17, 15) is 13.7 Å². The van der Waals surface area contributed by atoms with Gasteiger partial charge in [-0.1, -0.05) is 34.4 Å². The second-order valence-corrected chi connectivity index (χ2v) is 3.79. The van der Waals surface area contributed by atoms with Crippen molar-refractivity contribution in [2.75, 3.05) is 0 Å². The van der Waals surface area contributed by atoms with Gasteiger partial charge in [0.2, 0.25) is 0 Å². The molecule has 0 aliphatic rings. The van der Waals surface area contributed by atoms with E-state index < -0.39 is 12.5 Å². The van der Waals surface area contributed by atoms with E-state index in [1.165, 1.54) is 18.2 Å². The molecule has 0 aromatic heterocycles. The summed E-state index contributed by atoms with van der Waals surface area (Å²) in [7, 11) is 0. The molecule has 0 fully saturated rings. The van der Waals surface area contributed by atoms with Crippen molar-refractivity contribution >= 4 is 23.2 Å². The molecule has 0 heterocycles. The van der Waals surface area contributed by atoms with Gasteiger partial charge in [-0.2, -0.15) is 4.91 Å². The number of rotatable bonds is 4. The van der Waals surface area contributed by atoms with Crippen molar-refractivity contribution in [3.63, 3.8) is 0 Å². The zero-order chi connectivity index (χ0) is 11.4. The molecule has 1 aromatic carbocycles. The minimum absolute atomic E-state index is 0.183. The van der Waals surface area contributed by atoms with Gasteiger partial charge in [0.05, 0.1) is 0 Å². The van der Waals surface area contributed by atoms with E-state index in [4.69, 9.17) is 23.2 Å². The molecule has 6 heteroatoms. The molecule has 82 valence electrons. The van der Waals surface area contributed by atoms with Gasteiger partial charge in [0.15, 0.2) is 6.04 Å². The molecule has 0 saturated carbocycles. The highest BCUT2D eigenvalue weighted by atomic mass is 35.5. The van der Waals surface area contributed by atoms with Gasteiger partial charge < -0.3 is 0 Å². The summed E-state index contributed by atoms with van der Waals surface area (Å²) < 4.78 is 24.5. The van der Waals surface area contributed by atoms with Crippen molar-refractivity contribution in [1.82, 2.24) is 0 Å². The van der Waals surface area contributed by atoms with Gasteiger partial charge >= 0.3 is 0 Å². The fourth-order valence-electron chi connectivity index (χ4n) is 1.08. The molecule has 0 radical (unpaired) electrons. The molecule has 2 nitrogen and oxygen atoms in total. The van der Waals surface area contributed by atoms with Crippen LogP contribution in [0.15, 0.2) is 23.4 Å². The van der Waals surface area contributed by atoms with Gasteiger partial charge in [-0.05, 0) is 17.7 Å². The Morgan fingerprint density at radius 1 is 1.33 bits per heavy atom. The van der Waals surface area contributed by atoms with Crippen LogP contribution in [0.1, 0.15) is 5.56 Å².